The predicted octanol–water partition coefficient (Wildman–Crippen LogP) is 8.91. The van der Waals surface area contributed by atoms with E-state index in [0.29, 0.717) is 10.8 Å². The Balaban J connectivity index is 2.24. The Morgan fingerprint density at radius 2 is 1.63 bits per heavy atom. The molecule has 158 valence electrons. The van der Waals surface area contributed by atoms with Gasteiger partial charge in [0.05, 0.1) is 0 Å². The van der Waals surface area contributed by atoms with Gasteiger partial charge in [0.2, 0.25) is 0 Å². The smallest absolute Gasteiger partial charge is 0.0149 e. The first-order valence-corrected chi connectivity index (χ1v) is 12.2. The lowest BCUT2D eigenvalue weighted by molar-refractivity contribution is 0.140. The van der Waals surface area contributed by atoms with Gasteiger partial charge < -0.3 is 0 Å². The van der Waals surface area contributed by atoms with Crippen molar-refractivity contribution in [3.05, 3.63) is 12.2 Å². The summed E-state index contributed by atoms with van der Waals surface area (Å²) in [7, 11) is 0. The summed E-state index contributed by atoms with van der Waals surface area (Å²) in [5.74, 6) is 5.24. The Hall–Kier alpha value is -0.260. The van der Waals surface area contributed by atoms with Crippen LogP contribution in [0.15, 0.2) is 12.2 Å². The van der Waals surface area contributed by atoms with Crippen molar-refractivity contribution in [2.75, 3.05) is 0 Å². The van der Waals surface area contributed by atoms with Crippen LogP contribution in [0.3, 0.4) is 0 Å². The van der Waals surface area contributed by atoms with E-state index >= 15 is 0 Å². The lowest BCUT2D eigenvalue weighted by atomic mass is 9.66. The summed E-state index contributed by atoms with van der Waals surface area (Å²) >= 11 is 0. The van der Waals surface area contributed by atoms with Gasteiger partial charge in [-0.25, -0.2) is 0 Å². The van der Waals surface area contributed by atoms with Crippen LogP contribution in [0, 0.1) is 46.3 Å². The van der Waals surface area contributed by atoms with Crippen LogP contribution in [0.5, 0.6) is 0 Å². The Morgan fingerprint density at radius 3 is 2.04 bits per heavy atom. The van der Waals surface area contributed by atoms with E-state index in [1.54, 1.807) is 0 Å². The van der Waals surface area contributed by atoms with Crippen molar-refractivity contribution >= 4 is 0 Å². The second kappa shape index (κ2) is 9.04. The third kappa shape index (κ3) is 5.22. The highest BCUT2D eigenvalue weighted by molar-refractivity contribution is 5.13. The summed E-state index contributed by atoms with van der Waals surface area (Å²) in [6.07, 6.45) is 12.8. The molecule has 2 fully saturated rings. The SMILES string of the molecule is C=C(C)C(C1CCCCC1)C(CCC(CC)C(C)(C)C)C1C(CC)C1(C)C. The molecule has 2 aliphatic rings. The number of rotatable bonds is 9. The molecule has 0 heteroatoms. The maximum Gasteiger partial charge on any atom is -0.0149 e. The predicted molar refractivity (Wildman–Crippen MR) is 122 cm³/mol. The van der Waals surface area contributed by atoms with Crippen LogP contribution >= 0.6 is 0 Å². The highest BCUT2D eigenvalue weighted by atomic mass is 14.6. The zero-order chi connectivity index (χ0) is 20.4. The van der Waals surface area contributed by atoms with Gasteiger partial charge in [0.1, 0.15) is 0 Å². The van der Waals surface area contributed by atoms with Crippen molar-refractivity contribution in [1.82, 2.24) is 0 Å². The summed E-state index contributed by atoms with van der Waals surface area (Å²) in [6, 6.07) is 0. The van der Waals surface area contributed by atoms with Gasteiger partial charge in [-0.05, 0) is 78.9 Å². The summed E-state index contributed by atoms with van der Waals surface area (Å²) in [5, 5.41) is 0. The van der Waals surface area contributed by atoms with Crippen molar-refractivity contribution in [3.8, 4) is 0 Å². The summed E-state index contributed by atoms with van der Waals surface area (Å²) in [4.78, 5) is 0. The Morgan fingerprint density at radius 1 is 1.04 bits per heavy atom. The molecule has 2 rings (SSSR count). The number of hydrogen-bond donors (Lipinski definition) is 0. The molecule has 5 unspecified atom stereocenters. The van der Waals surface area contributed by atoms with Gasteiger partial charge in [0, 0.05) is 0 Å². The molecule has 0 amide bonds. The van der Waals surface area contributed by atoms with E-state index in [0.717, 1.165) is 35.5 Å². The highest BCUT2D eigenvalue weighted by Crippen LogP contribution is 2.66. The number of hydrogen-bond acceptors (Lipinski definition) is 0. The van der Waals surface area contributed by atoms with Crippen LogP contribution in [0.2, 0.25) is 0 Å². The maximum atomic E-state index is 4.56. The third-order valence-electron chi connectivity index (χ3n) is 8.79. The van der Waals surface area contributed by atoms with Crippen molar-refractivity contribution in [1.29, 1.82) is 0 Å². The molecule has 27 heavy (non-hydrogen) atoms. The third-order valence-corrected chi connectivity index (χ3v) is 8.79. The fraction of sp³-hybridized carbons (Fsp3) is 0.926. The molecule has 2 saturated carbocycles. The number of allylic oxidation sites excluding steroid dienone is 1. The van der Waals surface area contributed by atoms with Crippen LogP contribution in [0.1, 0.15) is 113 Å². The average Bonchev–Trinajstić information content (AvgIpc) is 3.14. The van der Waals surface area contributed by atoms with Gasteiger partial charge >= 0.3 is 0 Å². The van der Waals surface area contributed by atoms with Crippen LogP contribution < -0.4 is 0 Å². The van der Waals surface area contributed by atoms with Crippen LogP contribution in [-0.2, 0) is 0 Å². The first-order chi connectivity index (χ1) is 12.6. The molecule has 0 spiro atoms. The fourth-order valence-electron chi connectivity index (χ4n) is 7.25. The average molecular weight is 375 g/mol. The van der Waals surface area contributed by atoms with Gasteiger partial charge in [-0.3, -0.25) is 0 Å². The van der Waals surface area contributed by atoms with Crippen molar-refractivity contribution in [2.24, 2.45) is 46.3 Å². The topological polar surface area (TPSA) is 0 Å². The van der Waals surface area contributed by atoms with Crippen molar-refractivity contribution in [2.45, 2.75) is 113 Å². The van der Waals surface area contributed by atoms with Gasteiger partial charge in [-0.1, -0.05) is 92.7 Å². The Bertz CT molecular complexity index is 471. The summed E-state index contributed by atoms with van der Waals surface area (Å²) in [5.41, 5.74) is 2.48. The second-order valence-electron chi connectivity index (χ2n) is 11.8. The van der Waals surface area contributed by atoms with Gasteiger partial charge in [-0.15, -0.1) is 0 Å². The molecule has 0 saturated heterocycles. The molecule has 0 bridgehead atoms. The van der Waals surface area contributed by atoms with Crippen molar-refractivity contribution in [3.63, 3.8) is 0 Å². The Labute approximate surface area is 172 Å². The van der Waals surface area contributed by atoms with E-state index in [2.05, 4.69) is 62.0 Å². The van der Waals surface area contributed by atoms with Crippen LogP contribution in [0.4, 0.5) is 0 Å². The first kappa shape index (κ1) is 23.0. The fourth-order valence-corrected chi connectivity index (χ4v) is 7.25. The molecule has 0 N–H and O–H groups in total. The van der Waals surface area contributed by atoms with Crippen LogP contribution in [0.25, 0.3) is 0 Å². The van der Waals surface area contributed by atoms with Crippen molar-refractivity contribution < 1.29 is 0 Å². The van der Waals surface area contributed by atoms with Crippen LogP contribution in [-0.4, -0.2) is 0 Å². The van der Waals surface area contributed by atoms with E-state index in [9.17, 15) is 0 Å². The molecule has 0 aliphatic heterocycles. The lowest BCUT2D eigenvalue weighted by Gasteiger charge is -2.39. The molecular formula is C27H50. The Kier molecular flexibility index (Phi) is 7.71. The molecule has 0 aromatic carbocycles. The summed E-state index contributed by atoms with van der Waals surface area (Å²) in [6.45, 7) is 24.2. The zero-order valence-electron chi connectivity index (χ0n) is 20.0. The highest BCUT2D eigenvalue weighted by Gasteiger charge is 2.60. The second-order valence-corrected chi connectivity index (χ2v) is 11.8. The van der Waals surface area contributed by atoms with E-state index < -0.39 is 0 Å². The summed E-state index contributed by atoms with van der Waals surface area (Å²) < 4.78 is 0. The molecule has 0 aromatic rings. The molecule has 0 heterocycles. The van der Waals surface area contributed by atoms with E-state index in [-0.39, 0.29) is 0 Å². The normalized spacial score (nSPS) is 29.2. The molecular weight excluding hydrogens is 324 g/mol. The maximum absolute atomic E-state index is 4.56. The monoisotopic (exact) mass is 374 g/mol. The standard InChI is InChI=1S/C27H50/c1-10-21(26(5,6)7)17-18-22(25-23(11-2)27(25,8)9)24(19(3)4)20-15-13-12-14-16-20/h20-25H,3,10-18H2,1-2,4-9H3. The molecule has 0 nitrogen and oxygen atoms in total. The van der Waals surface area contributed by atoms with E-state index in [1.807, 2.05) is 0 Å². The quantitative estimate of drug-likeness (QED) is 0.353. The molecule has 0 aromatic heterocycles. The van der Waals surface area contributed by atoms with Gasteiger partial charge in [0.15, 0.2) is 0 Å². The lowest BCUT2D eigenvalue weighted by Crippen LogP contribution is -2.30. The first-order valence-electron chi connectivity index (χ1n) is 12.2. The largest absolute Gasteiger partial charge is 0.0998 e. The van der Waals surface area contributed by atoms with E-state index in [4.69, 9.17) is 0 Å². The van der Waals surface area contributed by atoms with Gasteiger partial charge in [-0.2, -0.15) is 0 Å². The minimum Gasteiger partial charge on any atom is -0.0998 e. The molecule has 0 radical (unpaired) electrons. The molecule has 5 atom stereocenters. The minimum atomic E-state index is 0.437. The van der Waals surface area contributed by atoms with Gasteiger partial charge in [0.25, 0.3) is 0 Å². The minimum absolute atomic E-state index is 0.437. The van der Waals surface area contributed by atoms with E-state index in [1.165, 1.54) is 63.4 Å². The molecule has 2 aliphatic carbocycles. The zero-order valence-corrected chi connectivity index (χ0v) is 20.0.